The summed E-state index contributed by atoms with van der Waals surface area (Å²) in [6.07, 6.45) is 0. The lowest BCUT2D eigenvalue weighted by Crippen LogP contribution is -2.49. The minimum atomic E-state index is -0.531. The Morgan fingerprint density at radius 2 is 1.87 bits per heavy atom. The Morgan fingerprint density at radius 1 is 1.16 bits per heavy atom. The number of benzene rings is 2. The molecule has 4 N–H and O–H groups in total. The molecule has 0 saturated carbocycles. The van der Waals surface area contributed by atoms with Crippen molar-refractivity contribution in [2.75, 3.05) is 12.1 Å². The number of aryl methyl sites for hydroxylation is 3. The van der Waals surface area contributed by atoms with Gasteiger partial charge in [-0.1, -0.05) is 23.7 Å². The molecule has 31 heavy (non-hydrogen) atoms. The van der Waals surface area contributed by atoms with Gasteiger partial charge in [0, 0.05) is 30.8 Å². The first kappa shape index (κ1) is 22.6. The smallest absolute Gasteiger partial charge is 0.352 e. The van der Waals surface area contributed by atoms with Crippen LogP contribution in [0.3, 0.4) is 0 Å². The van der Waals surface area contributed by atoms with E-state index in [0.29, 0.717) is 10.8 Å². The van der Waals surface area contributed by atoms with Crippen molar-refractivity contribution in [1.29, 1.82) is 0 Å². The fourth-order valence-corrected chi connectivity index (χ4v) is 3.49. The largest absolute Gasteiger partial charge is 0.489 e. The van der Waals surface area contributed by atoms with E-state index in [9.17, 15) is 4.79 Å². The van der Waals surface area contributed by atoms with Crippen LogP contribution in [-0.2, 0) is 13.7 Å². The normalized spacial score (nSPS) is 10.8. The number of hydrogen-bond acceptors (Lipinski definition) is 5. The number of hydrogen-bond donors (Lipinski definition) is 2. The molecule has 9 heteroatoms. The average Bonchev–Trinajstić information content (AvgIpc) is 2.99. The van der Waals surface area contributed by atoms with Gasteiger partial charge in [-0.3, -0.25) is 9.69 Å². The number of anilines is 1. The van der Waals surface area contributed by atoms with Crippen LogP contribution in [0.25, 0.3) is 11.3 Å². The van der Waals surface area contributed by atoms with Gasteiger partial charge in [0.05, 0.1) is 11.4 Å². The van der Waals surface area contributed by atoms with Crippen molar-refractivity contribution in [3.8, 4) is 17.0 Å². The van der Waals surface area contributed by atoms with E-state index in [4.69, 9.17) is 28.0 Å². The molecule has 1 aromatic heterocycles. The maximum Gasteiger partial charge on any atom is 0.352 e. The van der Waals surface area contributed by atoms with Crippen molar-refractivity contribution in [1.82, 2.24) is 14.8 Å². The molecule has 8 nitrogen and oxygen atoms in total. The maximum absolute atomic E-state index is 12.2. The second-order valence-corrected chi connectivity index (χ2v) is 7.85. The van der Waals surface area contributed by atoms with E-state index in [2.05, 4.69) is 5.10 Å². The second kappa shape index (κ2) is 8.97. The van der Waals surface area contributed by atoms with Crippen LogP contribution in [-0.4, -0.2) is 27.9 Å². The van der Waals surface area contributed by atoms with Gasteiger partial charge < -0.3 is 4.74 Å². The van der Waals surface area contributed by atoms with Crippen LogP contribution in [0.5, 0.6) is 5.75 Å². The molecule has 164 valence electrons. The number of carbonyl (C=O) groups is 1. The van der Waals surface area contributed by atoms with Crippen LogP contribution >= 0.6 is 11.6 Å². The number of ether oxygens (including phenoxy) is 1. The Bertz CT molecular complexity index is 1130. The number of nitrogens with two attached hydrogens (primary N) is 2. The van der Waals surface area contributed by atoms with Crippen molar-refractivity contribution in [3.05, 3.63) is 63.8 Å². The van der Waals surface area contributed by atoms with E-state index in [1.807, 2.05) is 58.2 Å². The molecule has 3 rings (SSSR count). The van der Waals surface area contributed by atoms with E-state index in [-0.39, 0.29) is 6.61 Å². The highest BCUT2D eigenvalue weighted by molar-refractivity contribution is 6.30. The van der Waals surface area contributed by atoms with Crippen LogP contribution < -0.4 is 21.4 Å². The first-order chi connectivity index (χ1) is 14.6. The Kier molecular flexibility index (Phi) is 6.54. The van der Waals surface area contributed by atoms with E-state index < -0.39 is 6.03 Å². The fourth-order valence-electron chi connectivity index (χ4n) is 3.37. The van der Waals surface area contributed by atoms with E-state index >= 15 is 0 Å². The molecular weight excluding hydrogens is 416 g/mol. The van der Waals surface area contributed by atoms with Crippen molar-refractivity contribution >= 4 is 23.3 Å². The molecule has 0 bridgehead atoms. The zero-order valence-corrected chi connectivity index (χ0v) is 19.1. The molecule has 0 fully saturated rings. The highest BCUT2D eigenvalue weighted by Crippen LogP contribution is 2.31. The summed E-state index contributed by atoms with van der Waals surface area (Å²) in [6, 6.07) is 10.9. The lowest BCUT2D eigenvalue weighted by molar-refractivity contribution is 0.216. The number of rotatable bonds is 5. The third kappa shape index (κ3) is 4.51. The topological polar surface area (TPSA) is 103 Å². The molecule has 0 radical (unpaired) electrons. The summed E-state index contributed by atoms with van der Waals surface area (Å²) in [7, 11) is 3.26. The minimum Gasteiger partial charge on any atom is -0.489 e. The molecule has 0 aliphatic heterocycles. The number of carbonyl (C=O) groups excluding carboxylic acids is 1. The first-order valence-electron chi connectivity index (χ1n) is 9.70. The molecule has 0 unspecified atom stereocenters. The van der Waals surface area contributed by atoms with Crippen molar-refractivity contribution in [2.24, 2.45) is 18.7 Å². The van der Waals surface area contributed by atoms with Gasteiger partial charge in [0.15, 0.2) is 0 Å². The molecule has 2 amide bonds. The SMILES string of the molecule is Cc1cc(-c2nn(C)c(Cl)c2C)ccc1OCc1c(C)cccc1N(N)C(=O)N(C)N. The monoisotopic (exact) mass is 442 g/mol. The van der Waals surface area contributed by atoms with Crippen LogP contribution in [0, 0.1) is 20.8 Å². The number of urea groups is 1. The number of halogens is 1. The van der Waals surface area contributed by atoms with Crippen molar-refractivity contribution in [3.63, 3.8) is 0 Å². The molecule has 0 atom stereocenters. The average molecular weight is 443 g/mol. The maximum atomic E-state index is 12.2. The highest BCUT2D eigenvalue weighted by Gasteiger charge is 2.19. The summed E-state index contributed by atoms with van der Waals surface area (Å²) < 4.78 is 7.75. The minimum absolute atomic E-state index is 0.242. The molecule has 2 aromatic carbocycles. The van der Waals surface area contributed by atoms with Gasteiger partial charge >= 0.3 is 6.03 Å². The lowest BCUT2D eigenvalue weighted by Gasteiger charge is -2.24. The fraction of sp³-hybridized carbons (Fsp3) is 0.273. The Morgan fingerprint density at radius 3 is 2.45 bits per heavy atom. The van der Waals surface area contributed by atoms with Crippen LogP contribution in [0.15, 0.2) is 36.4 Å². The molecule has 0 saturated heterocycles. The van der Waals surface area contributed by atoms with Crippen molar-refractivity contribution in [2.45, 2.75) is 27.4 Å². The summed E-state index contributed by atoms with van der Waals surface area (Å²) in [5, 5.41) is 7.07. The van der Waals surface area contributed by atoms with E-state index in [1.54, 1.807) is 10.7 Å². The molecule has 0 aliphatic carbocycles. The van der Waals surface area contributed by atoms with Crippen LogP contribution in [0.2, 0.25) is 5.15 Å². The summed E-state index contributed by atoms with van der Waals surface area (Å²) in [5.41, 5.74) is 5.98. The van der Waals surface area contributed by atoms with Crippen LogP contribution in [0.1, 0.15) is 22.3 Å². The molecule has 3 aromatic rings. The summed E-state index contributed by atoms with van der Waals surface area (Å²) in [6.45, 7) is 6.10. The molecule has 0 spiro atoms. The van der Waals surface area contributed by atoms with Gasteiger partial charge in [0.2, 0.25) is 0 Å². The highest BCUT2D eigenvalue weighted by atomic mass is 35.5. The van der Waals surface area contributed by atoms with E-state index in [0.717, 1.165) is 49.3 Å². The predicted molar refractivity (Wildman–Crippen MR) is 123 cm³/mol. The molecular formula is C22H27ClN6O2. The first-order valence-corrected chi connectivity index (χ1v) is 10.1. The van der Waals surface area contributed by atoms with Gasteiger partial charge in [-0.2, -0.15) is 5.10 Å². The summed E-state index contributed by atoms with van der Waals surface area (Å²) >= 11 is 6.26. The Balaban J connectivity index is 1.85. The van der Waals surface area contributed by atoms with Gasteiger partial charge in [0.25, 0.3) is 0 Å². The predicted octanol–water partition coefficient (Wildman–Crippen LogP) is 3.85. The standard InChI is InChI=1S/C22H27ClN6O2/c1-13-7-6-8-18(29(25)22(30)27(4)24)17(13)12-31-19-10-9-16(11-14(19)2)20-15(3)21(23)28(5)26-20/h6-11H,12,24-25H2,1-5H3. The lowest BCUT2D eigenvalue weighted by atomic mass is 10.1. The Hall–Kier alpha value is -3.07. The zero-order valence-electron chi connectivity index (χ0n) is 18.3. The summed E-state index contributed by atoms with van der Waals surface area (Å²) in [5.74, 6) is 12.3. The third-order valence-electron chi connectivity index (χ3n) is 5.17. The van der Waals surface area contributed by atoms with Crippen molar-refractivity contribution < 1.29 is 9.53 Å². The molecule has 1 heterocycles. The number of nitrogens with zero attached hydrogens (tertiary/aromatic N) is 4. The quantitative estimate of drug-likeness (QED) is 0.355. The number of hydrazine groups is 2. The number of amides is 2. The third-order valence-corrected chi connectivity index (χ3v) is 5.70. The van der Waals surface area contributed by atoms with E-state index in [1.165, 1.54) is 7.05 Å². The molecule has 0 aliphatic rings. The Labute approximate surface area is 186 Å². The zero-order chi connectivity index (χ0) is 22.9. The van der Waals surface area contributed by atoms with Crippen LogP contribution in [0.4, 0.5) is 10.5 Å². The van der Waals surface area contributed by atoms with Gasteiger partial charge in [-0.25, -0.2) is 21.5 Å². The van der Waals surface area contributed by atoms with Gasteiger partial charge in [-0.15, -0.1) is 0 Å². The van der Waals surface area contributed by atoms with Gasteiger partial charge in [-0.05, 0) is 56.2 Å². The summed E-state index contributed by atoms with van der Waals surface area (Å²) in [4.78, 5) is 12.2. The number of aromatic nitrogens is 2. The second-order valence-electron chi connectivity index (χ2n) is 7.49. The van der Waals surface area contributed by atoms with Gasteiger partial charge in [0.1, 0.15) is 17.5 Å².